The van der Waals surface area contributed by atoms with Crippen molar-refractivity contribution >= 4 is 0 Å². The first kappa shape index (κ1) is 8.86. The minimum atomic E-state index is 0.589. The van der Waals surface area contributed by atoms with Gasteiger partial charge in [-0.1, -0.05) is 0 Å². The number of H-pyrrole nitrogens is 1. The first-order valence-electron chi connectivity index (χ1n) is 4.41. The van der Waals surface area contributed by atoms with Crippen LogP contribution in [0.15, 0.2) is 4.42 Å². The summed E-state index contributed by atoms with van der Waals surface area (Å²) in [6, 6.07) is 0. The maximum Gasteiger partial charge on any atom is 0.217 e. The van der Waals surface area contributed by atoms with Crippen molar-refractivity contribution in [2.45, 2.75) is 26.7 Å². The van der Waals surface area contributed by atoms with Crippen molar-refractivity contribution in [2.75, 3.05) is 0 Å². The van der Waals surface area contributed by atoms with Crippen molar-refractivity contribution in [3.63, 3.8) is 0 Å². The normalized spacial score (nSPS) is 10.7. The van der Waals surface area contributed by atoms with Gasteiger partial charge in [-0.3, -0.25) is 5.10 Å². The Kier molecular flexibility index (Phi) is 2.26. The fourth-order valence-electron chi connectivity index (χ4n) is 1.16. The van der Waals surface area contributed by atoms with E-state index in [9.17, 15) is 0 Å². The average Bonchev–Trinajstić information content (AvgIpc) is 2.72. The van der Waals surface area contributed by atoms with Crippen molar-refractivity contribution in [2.24, 2.45) is 0 Å². The number of nitrogens with zero attached hydrogens (tertiary/aromatic N) is 4. The quantitative estimate of drug-likeness (QED) is 0.771. The first-order valence-corrected chi connectivity index (χ1v) is 4.41. The Labute approximate surface area is 80.8 Å². The Morgan fingerprint density at radius 1 is 1.21 bits per heavy atom. The van der Waals surface area contributed by atoms with E-state index in [0.29, 0.717) is 24.6 Å². The van der Waals surface area contributed by atoms with Crippen molar-refractivity contribution < 1.29 is 4.42 Å². The second-order valence-corrected chi connectivity index (χ2v) is 3.05. The Balaban J connectivity index is 1.94. The molecule has 0 fully saturated rings. The number of aromatic nitrogens is 5. The lowest BCUT2D eigenvalue weighted by Gasteiger charge is -1.89. The number of hydrogen-bond donors (Lipinski definition) is 1. The van der Waals surface area contributed by atoms with Gasteiger partial charge in [-0.2, -0.15) is 5.10 Å². The number of aryl methyl sites for hydroxylation is 4. The molecule has 0 aliphatic heterocycles. The molecule has 6 nitrogen and oxygen atoms in total. The Morgan fingerprint density at radius 2 is 2.07 bits per heavy atom. The van der Waals surface area contributed by atoms with Gasteiger partial charge < -0.3 is 4.42 Å². The zero-order chi connectivity index (χ0) is 9.97. The molecule has 0 aliphatic rings. The van der Waals surface area contributed by atoms with E-state index in [1.54, 1.807) is 6.92 Å². The summed E-state index contributed by atoms with van der Waals surface area (Å²) in [5.74, 6) is 2.82. The molecule has 0 radical (unpaired) electrons. The molecule has 6 heteroatoms. The predicted octanol–water partition coefficient (Wildman–Crippen LogP) is 0.590. The molecule has 0 unspecified atom stereocenters. The Morgan fingerprint density at radius 3 is 2.64 bits per heavy atom. The molecule has 2 rings (SSSR count). The van der Waals surface area contributed by atoms with Gasteiger partial charge in [-0.25, -0.2) is 4.98 Å². The monoisotopic (exact) mass is 193 g/mol. The van der Waals surface area contributed by atoms with Gasteiger partial charge in [0.15, 0.2) is 5.82 Å². The van der Waals surface area contributed by atoms with Gasteiger partial charge in [-0.05, 0) is 6.92 Å². The summed E-state index contributed by atoms with van der Waals surface area (Å²) in [6.45, 7) is 3.64. The summed E-state index contributed by atoms with van der Waals surface area (Å²) in [6.07, 6.45) is 1.39. The molecule has 74 valence electrons. The van der Waals surface area contributed by atoms with E-state index in [-0.39, 0.29) is 0 Å². The molecular formula is C8H11N5O. The molecular weight excluding hydrogens is 182 g/mol. The molecule has 0 spiro atoms. The van der Waals surface area contributed by atoms with Gasteiger partial charge in [0, 0.05) is 19.8 Å². The third-order valence-electron chi connectivity index (χ3n) is 1.77. The van der Waals surface area contributed by atoms with Crippen LogP contribution in [0, 0.1) is 13.8 Å². The lowest BCUT2D eigenvalue weighted by Crippen LogP contribution is -1.94. The van der Waals surface area contributed by atoms with Crippen molar-refractivity contribution in [1.82, 2.24) is 25.4 Å². The van der Waals surface area contributed by atoms with Crippen LogP contribution in [0.2, 0.25) is 0 Å². The first-order chi connectivity index (χ1) is 6.74. The average molecular weight is 193 g/mol. The van der Waals surface area contributed by atoms with Crippen LogP contribution in [0.3, 0.4) is 0 Å². The Hall–Kier alpha value is -1.72. The molecule has 2 aromatic rings. The molecule has 1 N–H and O–H groups in total. The highest BCUT2D eigenvalue weighted by atomic mass is 16.4. The molecule has 0 saturated carbocycles. The summed E-state index contributed by atoms with van der Waals surface area (Å²) in [7, 11) is 0. The van der Waals surface area contributed by atoms with Gasteiger partial charge in [0.05, 0.1) is 0 Å². The molecule has 0 bridgehead atoms. The van der Waals surface area contributed by atoms with Crippen LogP contribution in [0.1, 0.15) is 23.4 Å². The summed E-state index contributed by atoms with van der Waals surface area (Å²) in [5, 5.41) is 14.4. The SMILES string of the molecule is Cc1nc(CCc2nnc(C)o2)n[nH]1. The van der Waals surface area contributed by atoms with Gasteiger partial charge in [0.2, 0.25) is 11.8 Å². The smallest absolute Gasteiger partial charge is 0.217 e. The number of aromatic amines is 1. The fourth-order valence-corrected chi connectivity index (χ4v) is 1.16. The molecule has 0 atom stereocenters. The van der Waals surface area contributed by atoms with E-state index in [1.807, 2.05) is 6.92 Å². The third-order valence-corrected chi connectivity index (χ3v) is 1.77. The lowest BCUT2D eigenvalue weighted by molar-refractivity contribution is 0.465. The highest BCUT2D eigenvalue weighted by Crippen LogP contribution is 2.02. The molecule has 2 heterocycles. The van der Waals surface area contributed by atoms with Crippen LogP contribution in [0.25, 0.3) is 0 Å². The third kappa shape index (κ3) is 1.95. The van der Waals surface area contributed by atoms with E-state index >= 15 is 0 Å². The largest absolute Gasteiger partial charge is 0.426 e. The van der Waals surface area contributed by atoms with E-state index in [4.69, 9.17) is 4.42 Å². The van der Waals surface area contributed by atoms with Gasteiger partial charge in [-0.15, -0.1) is 10.2 Å². The van der Waals surface area contributed by atoms with Crippen LogP contribution in [0.4, 0.5) is 0 Å². The van der Waals surface area contributed by atoms with Crippen LogP contribution < -0.4 is 0 Å². The second-order valence-electron chi connectivity index (χ2n) is 3.05. The van der Waals surface area contributed by atoms with E-state index in [0.717, 1.165) is 11.6 Å². The van der Waals surface area contributed by atoms with Crippen LogP contribution in [-0.4, -0.2) is 25.4 Å². The van der Waals surface area contributed by atoms with Crippen LogP contribution >= 0.6 is 0 Å². The van der Waals surface area contributed by atoms with Crippen molar-refractivity contribution in [3.05, 3.63) is 23.4 Å². The second kappa shape index (κ2) is 3.57. The summed E-state index contributed by atoms with van der Waals surface area (Å²) in [5.41, 5.74) is 0. The fraction of sp³-hybridized carbons (Fsp3) is 0.500. The highest BCUT2D eigenvalue weighted by molar-refractivity contribution is 4.91. The number of nitrogens with one attached hydrogen (secondary N) is 1. The van der Waals surface area contributed by atoms with E-state index in [1.165, 1.54) is 0 Å². The minimum Gasteiger partial charge on any atom is -0.426 e. The molecule has 14 heavy (non-hydrogen) atoms. The standard InChI is InChI=1S/C8H11N5O/c1-5-9-7(12-10-5)3-4-8-13-11-6(2)14-8/h3-4H2,1-2H3,(H,9,10,12). The molecule has 0 aliphatic carbocycles. The zero-order valence-corrected chi connectivity index (χ0v) is 8.11. The van der Waals surface area contributed by atoms with Crippen molar-refractivity contribution in [3.8, 4) is 0 Å². The molecule has 2 aromatic heterocycles. The minimum absolute atomic E-state index is 0.589. The Bertz CT molecular complexity index is 379. The highest BCUT2D eigenvalue weighted by Gasteiger charge is 2.05. The summed E-state index contributed by atoms with van der Waals surface area (Å²) < 4.78 is 5.22. The zero-order valence-electron chi connectivity index (χ0n) is 8.11. The molecule has 0 amide bonds. The summed E-state index contributed by atoms with van der Waals surface area (Å²) in [4.78, 5) is 4.18. The maximum atomic E-state index is 5.22. The van der Waals surface area contributed by atoms with E-state index in [2.05, 4.69) is 25.4 Å². The predicted molar refractivity (Wildman–Crippen MR) is 47.6 cm³/mol. The lowest BCUT2D eigenvalue weighted by atomic mass is 10.3. The molecule has 0 saturated heterocycles. The number of hydrogen-bond acceptors (Lipinski definition) is 5. The van der Waals surface area contributed by atoms with Crippen LogP contribution in [-0.2, 0) is 12.8 Å². The van der Waals surface area contributed by atoms with E-state index < -0.39 is 0 Å². The van der Waals surface area contributed by atoms with Crippen LogP contribution in [0.5, 0.6) is 0 Å². The maximum absolute atomic E-state index is 5.22. The van der Waals surface area contributed by atoms with Gasteiger partial charge in [0.25, 0.3) is 0 Å². The van der Waals surface area contributed by atoms with Gasteiger partial charge in [0.1, 0.15) is 5.82 Å². The number of rotatable bonds is 3. The van der Waals surface area contributed by atoms with Crippen molar-refractivity contribution in [1.29, 1.82) is 0 Å². The topological polar surface area (TPSA) is 80.5 Å². The molecule has 0 aromatic carbocycles. The summed E-state index contributed by atoms with van der Waals surface area (Å²) >= 11 is 0. The van der Waals surface area contributed by atoms with Gasteiger partial charge >= 0.3 is 0 Å².